The molecular formula is C20H26F3N3O3S. The van der Waals surface area contributed by atoms with Gasteiger partial charge in [0, 0.05) is 31.9 Å². The van der Waals surface area contributed by atoms with Gasteiger partial charge in [-0.25, -0.2) is 26.3 Å². The highest BCUT2D eigenvalue weighted by Gasteiger charge is 2.29. The number of hydrogen-bond donors (Lipinski definition) is 2. The van der Waals surface area contributed by atoms with Gasteiger partial charge in [-0.1, -0.05) is 20.8 Å². The van der Waals surface area contributed by atoms with Crippen molar-refractivity contribution in [1.82, 2.24) is 9.29 Å². The van der Waals surface area contributed by atoms with Crippen LogP contribution in [0.1, 0.15) is 50.2 Å². The third-order valence-electron chi connectivity index (χ3n) is 4.77. The summed E-state index contributed by atoms with van der Waals surface area (Å²) in [5, 5.41) is 2.40. The Labute approximate surface area is 174 Å². The minimum Gasteiger partial charge on any atom is -0.345 e. The number of rotatable bonds is 8. The van der Waals surface area contributed by atoms with Crippen molar-refractivity contribution in [3.63, 3.8) is 0 Å². The molecular weight excluding hydrogens is 419 g/mol. The van der Waals surface area contributed by atoms with E-state index in [1.807, 2.05) is 20.8 Å². The zero-order valence-electron chi connectivity index (χ0n) is 17.5. The molecule has 6 nitrogen and oxygen atoms in total. The van der Waals surface area contributed by atoms with Crippen molar-refractivity contribution in [3.05, 3.63) is 47.5 Å². The molecule has 0 spiro atoms. The van der Waals surface area contributed by atoms with E-state index in [9.17, 15) is 26.4 Å². The van der Waals surface area contributed by atoms with E-state index < -0.39 is 33.2 Å². The highest BCUT2D eigenvalue weighted by molar-refractivity contribution is 7.89. The van der Waals surface area contributed by atoms with Gasteiger partial charge in [0.1, 0.15) is 16.4 Å². The fraction of sp³-hybridized carbons (Fsp3) is 0.450. The van der Waals surface area contributed by atoms with Crippen LogP contribution in [0.5, 0.6) is 0 Å². The monoisotopic (exact) mass is 445 g/mol. The SMILES string of the molecule is CCC(NS(=O)(=O)c1cc(C(=O)Nc2ccc(F)c(C(C)(F)F)c2)n(C)c1)C(C)C. The normalized spacial score (nSPS) is 13.5. The molecule has 0 radical (unpaired) electrons. The minimum absolute atomic E-state index is 0.00195. The lowest BCUT2D eigenvalue weighted by molar-refractivity contribution is 0.0138. The van der Waals surface area contributed by atoms with E-state index in [0.29, 0.717) is 13.3 Å². The van der Waals surface area contributed by atoms with Crippen LogP contribution in [0, 0.1) is 11.7 Å². The number of benzene rings is 1. The summed E-state index contributed by atoms with van der Waals surface area (Å²) in [5.74, 6) is -5.14. The molecule has 1 heterocycles. The number of hydrogen-bond acceptors (Lipinski definition) is 3. The first-order valence-corrected chi connectivity index (χ1v) is 10.9. The second-order valence-corrected chi connectivity index (χ2v) is 9.30. The second kappa shape index (κ2) is 8.81. The zero-order chi connectivity index (χ0) is 22.9. The van der Waals surface area contributed by atoms with Crippen molar-refractivity contribution < 1.29 is 26.4 Å². The van der Waals surface area contributed by atoms with Crippen LogP contribution in [0.3, 0.4) is 0 Å². The number of sulfonamides is 1. The Morgan fingerprint density at radius 2 is 1.87 bits per heavy atom. The van der Waals surface area contributed by atoms with Gasteiger partial charge in [-0.15, -0.1) is 0 Å². The summed E-state index contributed by atoms with van der Waals surface area (Å²) in [6.07, 6.45) is 1.90. The molecule has 0 fully saturated rings. The van der Waals surface area contributed by atoms with Crippen LogP contribution in [0.25, 0.3) is 0 Å². The summed E-state index contributed by atoms with van der Waals surface area (Å²) >= 11 is 0. The van der Waals surface area contributed by atoms with Gasteiger partial charge in [0.15, 0.2) is 0 Å². The molecule has 1 atom stereocenters. The van der Waals surface area contributed by atoms with Crippen molar-refractivity contribution in [1.29, 1.82) is 0 Å². The largest absolute Gasteiger partial charge is 0.345 e. The van der Waals surface area contributed by atoms with Crippen LogP contribution in [0.2, 0.25) is 0 Å². The van der Waals surface area contributed by atoms with Gasteiger partial charge < -0.3 is 9.88 Å². The molecule has 0 saturated heterocycles. The molecule has 1 unspecified atom stereocenters. The maximum absolute atomic E-state index is 13.6. The molecule has 30 heavy (non-hydrogen) atoms. The molecule has 10 heteroatoms. The molecule has 1 amide bonds. The third-order valence-corrected chi connectivity index (χ3v) is 6.23. The second-order valence-electron chi connectivity index (χ2n) is 7.59. The van der Waals surface area contributed by atoms with E-state index in [1.165, 1.54) is 23.9 Å². The van der Waals surface area contributed by atoms with Gasteiger partial charge in [-0.3, -0.25) is 4.79 Å². The number of halogens is 3. The van der Waals surface area contributed by atoms with Crippen LogP contribution in [0.4, 0.5) is 18.9 Å². The Kier molecular flexibility index (Phi) is 7.03. The first-order chi connectivity index (χ1) is 13.8. The highest BCUT2D eigenvalue weighted by Crippen LogP contribution is 2.31. The van der Waals surface area contributed by atoms with Crippen molar-refractivity contribution in [2.24, 2.45) is 13.0 Å². The predicted octanol–water partition coefficient (Wildman–Crippen LogP) is 4.24. The molecule has 2 aromatic rings. The average Bonchev–Trinajstić information content (AvgIpc) is 3.03. The number of aromatic nitrogens is 1. The molecule has 0 aliphatic rings. The lowest BCUT2D eigenvalue weighted by Crippen LogP contribution is -2.37. The highest BCUT2D eigenvalue weighted by atomic mass is 32.2. The first kappa shape index (κ1) is 23.9. The summed E-state index contributed by atoms with van der Waals surface area (Å²) < 4.78 is 69.9. The summed E-state index contributed by atoms with van der Waals surface area (Å²) in [6, 6.07) is 3.78. The molecule has 0 bridgehead atoms. The standard InChI is InChI=1S/C20H26F3N3O3S/c1-6-17(12(2)3)25-30(28,29)14-10-18(26(5)11-14)19(27)24-13-7-8-16(21)15(9-13)20(4,22)23/h7-12,17,25H,6H2,1-5H3,(H,24,27). The van der Waals surface area contributed by atoms with Crippen LogP contribution in [-0.2, 0) is 23.0 Å². The van der Waals surface area contributed by atoms with Gasteiger partial charge in [0.05, 0.1) is 5.56 Å². The van der Waals surface area contributed by atoms with Crippen molar-refractivity contribution >= 4 is 21.6 Å². The first-order valence-electron chi connectivity index (χ1n) is 9.44. The van der Waals surface area contributed by atoms with Crippen molar-refractivity contribution in [3.8, 4) is 0 Å². The van der Waals surface area contributed by atoms with Crippen molar-refractivity contribution in [2.75, 3.05) is 5.32 Å². The van der Waals surface area contributed by atoms with Gasteiger partial charge in [-0.05, 0) is 36.6 Å². The van der Waals surface area contributed by atoms with Crippen LogP contribution in [-0.4, -0.2) is 24.9 Å². The number of aryl methyl sites for hydroxylation is 1. The fourth-order valence-corrected chi connectivity index (χ4v) is 4.54. The minimum atomic E-state index is -3.86. The topological polar surface area (TPSA) is 80.2 Å². The van der Waals surface area contributed by atoms with Gasteiger partial charge >= 0.3 is 0 Å². The Bertz CT molecular complexity index is 1030. The van der Waals surface area contributed by atoms with Gasteiger partial charge in [-0.2, -0.15) is 0 Å². The predicted molar refractivity (Wildman–Crippen MR) is 109 cm³/mol. The summed E-state index contributed by atoms with van der Waals surface area (Å²) in [4.78, 5) is 12.5. The van der Waals surface area contributed by atoms with Crippen molar-refractivity contribution in [2.45, 2.75) is 51.0 Å². The van der Waals surface area contributed by atoms with E-state index in [4.69, 9.17) is 0 Å². The lowest BCUT2D eigenvalue weighted by Gasteiger charge is -2.20. The number of nitrogens with zero attached hydrogens (tertiary/aromatic N) is 1. The molecule has 1 aromatic heterocycles. The molecule has 166 valence electrons. The average molecular weight is 446 g/mol. The number of amides is 1. The molecule has 0 saturated carbocycles. The van der Waals surface area contributed by atoms with E-state index in [1.54, 1.807) is 0 Å². The number of carbonyl (C=O) groups excluding carboxylic acids is 1. The number of carbonyl (C=O) groups is 1. The molecule has 0 aliphatic heterocycles. The molecule has 1 aromatic carbocycles. The van der Waals surface area contributed by atoms with Crippen LogP contribution in [0.15, 0.2) is 35.4 Å². The smallest absolute Gasteiger partial charge is 0.273 e. The maximum atomic E-state index is 13.6. The quantitative estimate of drug-likeness (QED) is 0.638. The Morgan fingerprint density at radius 3 is 2.40 bits per heavy atom. The van der Waals surface area contributed by atoms with Gasteiger partial charge in [0.2, 0.25) is 10.0 Å². The number of alkyl halides is 2. The Balaban J connectivity index is 2.28. The Hall–Kier alpha value is -2.33. The number of nitrogens with one attached hydrogen (secondary N) is 2. The Morgan fingerprint density at radius 1 is 1.23 bits per heavy atom. The van der Waals surface area contributed by atoms with Gasteiger partial charge in [0.25, 0.3) is 11.8 Å². The summed E-state index contributed by atoms with van der Waals surface area (Å²) in [5.41, 5.74) is -0.881. The fourth-order valence-electron chi connectivity index (χ4n) is 3.00. The third kappa shape index (κ3) is 5.42. The zero-order valence-corrected chi connectivity index (χ0v) is 18.3. The van der Waals surface area contributed by atoms with E-state index in [0.717, 1.165) is 18.2 Å². The molecule has 0 aliphatic carbocycles. The molecule has 2 rings (SSSR count). The van der Waals surface area contributed by atoms with E-state index in [2.05, 4.69) is 10.0 Å². The van der Waals surface area contributed by atoms with Crippen LogP contribution >= 0.6 is 0 Å². The van der Waals surface area contributed by atoms with Crippen LogP contribution < -0.4 is 10.0 Å². The summed E-state index contributed by atoms with van der Waals surface area (Å²) in [6.45, 7) is 6.22. The molecule has 2 N–H and O–H groups in total. The number of anilines is 1. The lowest BCUT2D eigenvalue weighted by atomic mass is 10.0. The van der Waals surface area contributed by atoms with E-state index in [-0.39, 0.29) is 28.2 Å². The maximum Gasteiger partial charge on any atom is 0.273 e. The van der Waals surface area contributed by atoms with E-state index >= 15 is 0 Å². The summed E-state index contributed by atoms with van der Waals surface area (Å²) in [7, 11) is -2.37.